The van der Waals surface area contributed by atoms with Gasteiger partial charge in [0.2, 0.25) is 0 Å². The number of aliphatic hydroxyl groups is 1. The van der Waals surface area contributed by atoms with E-state index in [-0.39, 0.29) is 23.7 Å². The smallest absolute Gasteiger partial charge is 0.316 e. The maximum atomic E-state index is 12.7. The minimum Gasteiger partial charge on any atom is -0.481 e. The van der Waals surface area contributed by atoms with E-state index < -0.39 is 33.9 Å². The number of hydrogen-bond acceptors (Lipinski definition) is 4. The third kappa shape index (κ3) is 1.48. The number of aliphatic carboxylic acids is 1. The molecule has 2 N–H and O–H groups in total. The molecule has 0 radical (unpaired) electrons. The van der Waals surface area contributed by atoms with E-state index in [1.807, 2.05) is 19.1 Å². The third-order valence-corrected chi connectivity index (χ3v) is 8.68. The highest BCUT2D eigenvalue weighted by Gasteiger charge is 2.82. The molecule has 0 aromatic carbocycles. The lowest BCUT2D eigenvalue weighted by Crippen LogP contribution is -2.47. The molecule has 5 nitrogen and oxygen atoms in total. The minimum absolute atomic E-state index is 0.0404. The van der Waals surface area contributed by atoms with Gasteiger partial charge in [-0.25, -0.2) is 0 Å². The van der Waals surface area contributed by atoms with Gasteiger partial charge in [-0.2, -0.15) is 0 Å². The van der Waals surface area contributed by atoms with Gasteiger partial charge in [0.1, 0.15) is 5.60 Å². The molecule has 1 saturated heterocycles. The normalized spacial score (nSPS) is 58.0. The molecule has 5 rings (SSSR count). The first-order chi connectivity index (χ1) is 11.7. The molecule has 4 aliphatic carbocycles. The predicted molar refractivity (Wildman–Crippen MR) is 88.4 cm³/mol. The highest BCUT2D eigenvalue weighted by Crippen LogP contribution is 2.77. The third-order valence-electron chi connectivity index (χ3n) is 8.68. The standard InChI is InChI=1S/C20H26O5/c1-3-11-9-18-10-19(11,24)8-5-12(18)20-7-4-6-17(2,16(23)25-20)14(20)13(18)15(21)22/h4,6,11-14,24H,3,5,7-10H2,1-2H3,(H,21,22)/t11-,12+,13+,14+,17+,18-,19-,20?/m0/s1. The molecule has 1 unspecified atom stereocenters. The van der Waals surface area contributed by atoms with Gasteiger partial charge >= 0.3 is 11.9 Å². The van der Waals surface area contributed by atoms with E-state index in [0.717, 1.165) is 19.3 Å². The zero-order valence-electron chi connectivity index (χ0n) is 14.8. The molecule has 1 spiro atoms. The fourth-order valence-electron chi connectivity index (χ4n) is 7.97. The zero-order chi connectivity index (χ0) is 17.8. The van der Waals surface area contributed by atoms with Crippen LogP contribution in [0.25, 0.3) is 0 Å². The number of esters is 1. The average molecular weight is 346 g/mol. The van der Waals surface area contributed by atoms with E-state index in [9.17, 15) is 19.8 Å². The molecule has 5 aliphatic rings. The number of fused-ring (bicyclic) bond motifs is 1. The van der Waals surface area contributed by atoms with Gasteiger partial charge in [0.15, 0.2) is 0 Å². The SMILES string of the molecule is CC[C@H]1C[C@]23C[C@@]1(O)CC[C@H]2C12CC=C[C@@](C)(C(=O)O1)[C@H]2[C@@H]3C(=O)O. The Morgan fingerprint density at radius 3 is 2.88 bits per heavy atom. The number of carbonyl (C=O) groups excluding carboxylic acids is 1. The van der Waals surface area contributed by atoms with Crippen LogP contribution >= 0.6 is 0 Å². The first-order valence-electron chi connectivity index (χ1n) is 9.60. The molecular formula is C20H26O5. The van der Waals surface area contributed by atoms with E-state index in [1.165, 1.54) is 0 Å². The van der Waals surface area contributed by atoms with Crippen molar-refractivity contribution in [2.45, 2.75) is 63.6 Å². The molecule has 0 aromatic heterocycles. The van der Waals surface area contributed by atoms with Crippen LogP contribution in [0.15, 0.2) is 12.2 Å². The second kappa shape index (κ2) is 4.30. The van der Waals surface area contributed by atoms with E-state index in [2.05, 4.69) is 6.92 Å². The van der Waals surface area contributed by atoms with Crippen molar-refractivity contribution in [1.29, 1.82) is 0 Å². The summed E-state index contributed by atoms with van der Waals surface area (Å²) >= 11 is 0. The Morgan fingerprint density at radius 2 is 2.20 bits per heavy atom. The minimum atomic E-state index is -0.851. The van der Waals surface area contributed by atoms with Gasteiger partial charge in [0.05, 0.1) is 16.9 Å². The van der Waals surface area contributed by atoms with Gasteiger partial charge in [0, 0.05) is 18.3 Å². The van der Waals surface area contributed by atoms with Crippen molar-refractivity contribution in [3.05, 3.63) is 12.2 Å². The van der Waals surface area contributed by atoms with Crippen molar-refractivity contribution >= 4 is 11.9 Å². The Balaban J connectivity index is 1.73. The van der Waals surface area contributed by atoms with Crippen molar-refractivity contribution in [1.82, 2.24) is 0 Å². The number of ether oxygens (including phenoxy) is 1. The Hall–Kier alpha value is -1.36. The van der Waals surface area contributed by atoms with Crippen LogP contribution in [-0.2, 0) is 14.3 Å². The molecule has 4 bridgehead atoms. The van der Waals surface area contributed by atoms with Gasteiger partial charge in [-0.05, 0) is 43.9 Å². The number of rotatable bonds is 2. The number of carboxylic acids is 1. The maximum Gasteiger partial charge on any atom is 0.316 e. The maximum absolute atomic E-state index is 12.7. The quantitative estimate of drug-likeness (QED) is 0.593. The molecule has 4 fully saturated rings. The van der Waals surface area contributed by atoms with E-state index in [4.69, 9.17) is 4.74 Å². The number of hydrogen-bond donors (Lipinski definition) is 2. The van der Waals surface area contributed by atoms with Crippen LogP contribution in [0, 0.1) is 34.5 Å². The summed E-state index contributed by atoms with van der Waals surface area (Å²) in [7, 11) is 0. The van der Waals surface area contributed by atoms with Gasteiger partial charge in [-0.15, -0.1) is 0 Å². The van der Waals surface area contributed by atoms with Gasteiger partial charge in [-0.3, -0.25) is 9.59 Å². The van der Waals surface area contributed by atoms with Crippen molar-refractivity contribution in [3.63, 3.8) is 0 Å². The van der Waals surface area contributed by atoms with Crippen LogP contribution in [-0.4, -0.2) is 33.4 Å². The van der Waals surface area contributed by atoms with Crippen LogP contribution < -0.4 is 0 Å². The molecule has 1 aliphatic heterocycles. The lowest BCUT2D eigenvalue weighted by atomic mass is 9.62. The Bertz CT molecular complexity index is 715. The number of carbonyl (C=O) groups is 2. The van der Waals surface area contributed by atoms with Gasteiger partial charge < -0.3 is 14.9 Å². The second-order valence-corrected chi connectivity index (χ2v) is 9.44. The van der Waals surface area contributed by atoms with E-state index >= 15 is 0 Å². The first kappa shape index (κ1) is 15.9. The summed E-state index contributed by atoms with van der Waals surface area (Å²) in [5.41, 5.74) is -2.73. The summed E-state index contributed by atoms with van der Waals surface area (Å²) in [6, 6.07) is 0. The monoisotopic (exact) mass is 346 g/mol. The van der Waals surface area contributed by atoms with Gasteiger partial charge in [-0.1, -0.05) is 25.5 Å². The first-order valence-corrected chi connectivity index (χ1v) is 9.60. The fourth-order valence-corrected chi connectivity index (χ4v) is 7.97. The second-order valence-electron chi connectivity index (χ2n) is 9.44. The van der Waals surface area contributed by atoms with E-state index in [1.54, 1.807) is 0 Å². The van der Waals surface area contributed by atoms with Crippen molar-refractivity contribution in [2.75, 3.05) is 0 Å². The summed E-state index contributed by atoms with van der Waals surface area (Å²) in [6.07, 6.45) is 8.12. The van der Waals surface area contributed by atoms with Crippen LogP contribution in [0.4, 0.5) is 0 Å². The summed E-state index contributed by atoms with van der Waals surface area (Å²) in [4.78, 5) is 25.2. The lowest BCUT2D eigenvalue weighted by Gasteiger charge is -2.45. The molecular weight excluding hydrogens is 320 g/mol. The summed E-state index contributed by atoms with van der Waals surface area (Å²) in [5.74, 6) is -1.85. The van der Waals surface area contributed by atoms with Crippen molar-refractivity contribution < 1.29 is 24.5 Å². The number of carboxylic acid groups (broad SMARTS) is 1. The lowest BCUT2D eigenvalue weighted by molar-refractivity contribution is -0.162. The highest BCUT2D eigenvalue weighted by atomic mass is 16.6. The molecule has 25 heavy (non-hydrogen) atoms. The average Bonchev–Trinajstić information content (AvgIpc) is 2.96. The summed E-state index contributed by atoms with van der Waals surface area (Å²) in [5, 5.41) is 21.5. The predicted octanol–water partition coefficient (Wildman–Crippen LogP) is 2.53. The molecule has 0 amide bonds. The molecule has 1 heterocycles. The highest BCUT2D eigenvalue weighted by molar-refractivity contribution is 5.86. The summed E-state index contributed by atoms with van der Waals surface area (Å²) < 4.78 is 6.05. The van der Waals surface area contributed by atoms with Crippen LogP contribution in [0.2, 0.25) is 0 Å². The largest absolute Gasteiger partial charge is 0.481 e. The molecule has 136 valence electrons. The molecule has 3 saturated carbocycles. The van der Waals surface area contributed by atoms with E-state index in [0.29, 0.717) is 19.3 Å². The van der Waals surface area contributed by atoms with Crippen LogP contribution in [0.5, 0.6) is 0 Å². The fraction of sp³-hybridized carbons (Fsp3) is 0.800. The van der Waals surface area contributed by atoms with Crippen LogP contribution in [0.3, 0.4) is 0 Å². The molecule has 8 atom stereocenters. The van der Waals surface area contributed by atoms with Gasteiger partial charge in [0.25, 0.3) is 0 Å². The van der Waals surface area contributed by atoms with Crippen molar-refractivity contribution in [3.8, 4) is 0 Å². The Labute approximate surface area is 147 Å². The summed E-state index contributed by atoms with van der Waals surface area (Å²) in [6.45, 7) is 3.93. The van der Waals surface area contributed by atoms with Crippen LogP contribution in [0.1, 0.15) is 52.4 Å². The van der Waals surface area contributed by atoms with Crippen molar-refractivity contribution in [2.24, 2.45) is 34.5 Å². The Kier molecular flexibility index (Phi) is 2.73. The topological polar surface area (TPSA) is 83.8 Å². The molecule has 0 aromatic rings. The Morgan fingerprint density at radius 1 is 1.44 bits per heavy atom. The zero-order valence-corrected chi connectivity index (χ0v) is 14.8. The molecule has 5 heteroatoms.